The third-order valence-corrected chi connectivity index (χ3v) is 4.81. The van der Waals surface area contributed by atoms with Gasteiger partial charge in [-0.15, -0.1) is 0 Å². The largest absolute Gasteiger partial charge is 0.319 e. The van der Waals surface area contributed by atoms with Gasteiger partial charge >= 0.3 is 0 Å². The van der Waals surface area contributed by atoms with Crippen LogP contribution in [0, 0.1) is 5.41 Å². The zero-order valence-electron chi connectivity index (χ0n) is 9.32. The van der Waals surface area contributed by atoms with Crippen molar-refractivity contribution >= 4 is 23.2 Å². The van der Waals surface area contributed by atoms with Crippen LogP contribution in [-0.2, 0) is 5.41 Å². The quantitative estimate of drug-likeness (QED) is 0.870. The second kappa shape index (κ2) is 3.38. The summed E-state index contributed by atoms with van der Waals surface area (Å²) in [7, 11) is 2.02. The third kappa shape index (κ3) is 1.28. The Morgan fingerprint density at radius 1 is 1.19 bits per heavy atom. The van der Waals surface area contributed by atoms with Crippen molar-refractivity contribution in [2.45, 2.75) is 24.7 Å². The normalized spacial score (nSPS) is 35.4. The van der Waals surface area contributed by atoms with Gasteiger partial charge in [-0.25, -0.2) is 0 Å². The van der Waals surface area contributed by atoms with E-state index in [1.807, 2.05) is 25.2 Å². The predicted molar refractivity (Wildman–Crippen MR) is 68.4 cm³/mol. The van der Waals surface area contributed by atoms with E-state index in [2.05, 4.69) is 5.32 Å². The summed E-state index contributed by atoms with van der Waals surface area (Å²) < 4.78 is 0. The van der Waals surface area contributed by atoms with Gasteiger partial charge in [-0.3, -0.25) is 0 Å². The van der Waals surface area contributed by atoms with E-state index in [1.54, 1.807) is 0 Å². The van der Waals surface area contributed by atoms with Crippen molar-refractivity contribution in [3.05, 3.63) is 33.8 Å². The van der Waals surface area contributed by atoms with Gasteiger partial charge in [-0.2, -0.15) is 0 Å². The molecule has 3 aliphatic carbocycles. The first-order valence-electron chi connectivity index (χ1n) is 5.70. The van der Waals surface area contributed by atoms with Crippen molar-refractivity contribution in [1.29, 1.82) is 0 Å². The minimum Gasteiger partial charge on any atom is -0.319 e. The maximum absolute atomic E-state index is 6.27. The molecule has 3 saturated carbocycles. The zero-order chi connectivity index (χ0) is 11.4. The van der Waals surface area contributed by atoms with Crippen molar-refractivity contribution in [3.63, 3.8) is 0 Å². The molecule has 0 atom stereocenters. The van der Waals surface area contributed by atoms with Crippen LogP contribution in [-0.4, -0.2) is 13.6 Å². The van der Waals surface area contributed by atoms with Gasteiger partial charge < -0.3 is 5.32 Å². The zero-order valence-corrected chi connectivity index (χ0v) is 10.8. The Labute approximate surface area is 106 Å². The molecular formula is C13H15Cl2N. The summed E-state index contributed by atoms with van der Waals surface area (Å²) in [4.78, 5) is 0. The van der Waals surface area contributed by atoms with Crippen LogP contribution < -0.4 is 5.32 Å². The third-order valence-electron chi connectivity index (χ3n) is 4.19. The Kier molecular flexibility index (Phi) is 2.30. The molecule has 1 aromatic rings. The van der Waals surface area contributed by atoms with Gasteiger partial charge in [0.15, 0.2) is 0 Å². The topological polar surface area (TPSA) is 12.0 Å². The number of hydrogen-bond acceptors (Lipinski definition) is 1. The smallest absolute Gasteiger partial charge is 0.0458 e. The van der Waals surface area contributed by atoms with Gasteiger partial charge in [-0.1, -0.05) is 29.3 Å². The summed E-state index contributed by atoms with van der Waals surface area (Å²) in [6, 6.07) is 5.82. The number of halogens is 2. The lowest BCUT2D eigenvalue weighted by atomic mass is 9.33. The van der Waals surface area contributed by atoms with E-state index in [0.717, 1.165) is 16.6 Å². The summed E-state index contributed by atoms with van der Waals surface area (Å²) in [5, 5.41) is 4.96. The highest BCUT2D eigenvalue weighted by atomic mass is 35.5. The van der Waals surface area contributed by atoms with Crippen LogP contribution in [0.5, 0.6) is 0 Å². The molecule has 3 heteroatoms. The van der Waals surface area contributed by atoms with E-state index >= 15 is 0 Å². The average molecular weight is 256 g/mol. The summed E-state index contributed by atoms with van der Waals surface area (Å²) in [5.74, 6) is 0. The standard InChI is InChI=1S/C13H15Cl2N/c1-16-8-12-5-13(6-12,7-12)11-9(14)3-2-4-10(11)15/h2-4,16H,5-8H2,1H3. The minimum atomic E-state index is 0.298. The van der Waals surface area contributed by atoms with Crippen LogP contribution in [0.15, 0.2) is 18.2 Å². The second-order valence-electron chi connectivity index (χ2n) is 5.44. The molecule has 3 aliphatic rings. The lowest BCUT2D eigenvalue weighted by Crippen LogP contribution is -2.67. The number of benzene rings is 1. The Balaban J connectivity index is 1.87. The van der Waals surface area contributed by atoms with Crippen LogP contribution in [0.2, 0.25) is 10.0 Å². The van der Waals surface area contributed by atoms with Crippen LogP contribution in [0.3, 0.4) is 0 Å². The van der Waals surface area contributed by atoms with Gasteiger partial charge in [0.2, 0.25) is 0 Å². The summed E-state index contributed by atoms with van der Waals surface area (Å²) in [6.45, 7) is 1.12. The minimum absolute atomic E-state index is 0.298. The van der Waals surface area contributed by atoms with Crippen molar-refractivity contribution in [1.82, 2.24) is 5.32 Å². The van der Waals surface area contributed by atoms with Crippen LogP contribution in [0.4, 0.5) is 0 Å². The summed E-state index contributed by atoms with van der Waals surface area (Å²) >= 11 is 12.5. The van der Waals surface area contributed by atoms with Crippen molar-refractivity contribution in [2.24, 2.45) is 5.41 Å². The van der Waals surface area contributed by atoms with Crippen LogP contribution >= 0.6 is 23.2 Å². The van der Waals surface area contributed by atoms with Gasteiger partial charge in [0.1, 0.15) is 0 Å². The molecule has 1 nitrogen and oxygen atoms in total. The Morgan fingerprint density at radius 3 is 2.25 bits per heavy atom. The molecule has 0 aromatic heterocycles. The number of hydrogen-bond donors (Lipinski definition) is 1. The highest BCUT2D eigenvalue weighted by Gasteiger charge is 2.68. The van der Waals surface area contributed by atoms with Crippen molar-refractivity contribution in [3.8, 4) is 0 Å². The molecule has 4 rings (SSSR count). The lowest BCUT2D eigenvalue weighted by molar-refractivity contribution is -0.136. The molecule has 0 amide bonds. The molecule has 0 heterocycles. The summed E-state index contributed by atoms with van der Waals surface area (Å²) in [5.41, 5.74) is 2.03. The molecule has 86 valence electrons. The lowest BCUT2D eigenvalue weighted by Gasteiger charge is -2.71. The van der Waals surface area contributed by atoms with Gasteiger partial charge in [0.05, 0.1) is 0 Å². The molecule has 3 fully saturated rings. The molecule has 0 unspecified atom stereocenters. The first kappa shape index (κ1) is 10.9. The molecular weight excluding hydrogens is 241 g/mol. The molecule has 0 saturated heterocycles. The first-order valence-corrected chi connectivity index (χ1v) is 6.46. The molecule has 0 radical (unpaired) electrons. The first-order chi connectivity index (χ1) is 7.61. The summed E-state index contributed by atoms with van der Waals surface area (Å²) in [6.07, 6.45) is 3.72. The molecule has 2 bridgehead atoms. The number of rotatable bonds is 3. The van der Waals surface area contributed by atoms with Crippen LogP contribution in [0.1, 0.15) is 24.8 Å². The maximum atomic E-state index is 6.27. The molecule has 1 N–H and O–H groups in total. The molecule has 0 aliphatic heterocycles. The Bertz CT molecular complexity index is 402. The van der Waals surface area contributed by atoms with Crippen molar-refractivity contribution < 1.29 is 0 Å². The SMILES string of the molecule is CNCC12CC(c3c(Cl)cccc3Cl)(C1)C2. The predicted octanol–water partition coefficient (Wildman–Crippen LogP) is 3.63. The Hall–Kier alpha value is -0.240. The Morgan fingerprint density at radius 2 is 1.75 bits per heavy atom. The molecule has 1 aromatic carbocycles. The molecule has 0 spiro atoms. The molecule has 16 heavy (non-hydrogen) atoms. The van der Waals surface area contributed by atoms with E-state index < -0.39 is 0 Å². The van der Waals surface area contributed by atoms with E-state index in [4.69, 9.17) is 23.2 Å². The van der Waals surface area contributed by atoms with E-state index in [1.165, 1.54) is 24.8 Å². The number of nitrogens with one attached hydrogen (secondary N) is 1. The van der Waals surface area contributed by atoms with E-state index in [-0.39, 0.29) is 0 Å². The van der Waals surface area contributed by atoms with Gasteiger partial charge in [-0.05, 0) is 54.8 Å². The van der Waals surface area contributed by atoms with E-state index in [9.17, 15) is 0 Å². The highest BCUT2D eigenvalue weighted by Crippen LogP contribution is 2.74. The van der Waals surface area contributed by atoms with Gasteiger partial charge in [0.25, 0.3) is 0 Å². The van der Waals surface area contributed by atoms with E-state index in [0.29, 0.717) is 10.8 Å². The average Bonchev–Trinajstić information content (AvgIpc) is 2.11. The fourth-order valence-corrected chi connectivity index (χ4v) is 4.63. The van der Waals surface area contributed by atoms with Crippen molar-refractivity contribution in [2.75, 3.05) is 13.6 Å². The maximum Gasteiger partial charge on any atom is 0.0458 e. The second-order valence-corrected chi connectivity index (χ2v) is 6.25. The van der Waals surface area contributed by atoms with Gasteiger partial charge in [0, 0.05) is 16.6 Å². The van der Waals surface area contributed by atoms with Crippen LogP contribution in [0.25, 0.3) is 0 Å². The fourth-order valence-electron chi connectivity index (χ4n) is 3.83. The fraction of sp³-hybridized carbons (Fsp3) is 0.538. The monoisotopic (exact) mass is 255 g/mol. The highest BCUT2D eigenvalue weighted by molar-refractivity contribution is 6.36.